The smallest absolute Gasteiger partial charge is 0.421 e. The fourth-order valence-corrected chi connectivity index (χ4v) is 3.05. The highest BCUT2D eigenvalue weighted by molar-refractivity contribution is 7.87. The van der Waals surface area contributed by atoms with Crippen molar-refractivity contribution in [3.8, 4) is 0 Å². The monoisotopic (exact) mass is 280 g/mol. The lowest BCUT2D eigenvalue weighted by molar-refractivity contribution is -0.142. The Morgan fingerprint density at radius 3 is 2.67 bits per heavy atom. The van der Waals surface area contributed by atoms with Crippen LogP contribution in [0.4, 0.5) is 4.79 Å². The van der Waals surface area contributed by atoms with Crippen LogP contribution in [-0.2, 0) is 19.7 Å². The summed E-state index contributed by atoms with van der Waals surface area (Å²) in [5.74, 6) is -1.22. The van der Waals surface area contributed by atoms with E-state index in [0.29, 0.717) is 12.8 Å². The topological polar surface area (TPSA) is 113 Å². The zero-order chi connectivity index (χ0) is 13.8. The molecule has 9 heteroatoms. The number of hydrogen-bond acceptors (Lipinski definition) is 5. The van der Waals surface area contributed by atoms with E-state index in [9.17, 15) is 18.0 Å². The summed E-state index contributed by atoms with van der Waals surface area (Å²) < 4.78 is 30.6. The number of hydrogen-bond donors (Lipinski definition) is 2. The van der Waals surface area contributed by atoms with Gasteiger partial charge in [0.1, 0.15) is 6.04 Å². The maximum Gasteiger partial charge on any atom is 0.421 e. The Bertz CT molecular complexity index is 421. The van der Waals surface area contributed by atoms with Crippen LogP contribution in [0.5, 0.6) is 0 Å². The van der Waals surface area contributed by atoms with Crippen LogP contribution in [0.1, 0.15) is 26.2 Å². The predicted molar refractivity (Wildman–Crippen MR) is 61.1 cm³/mol. The van der Waals surface area contributed by atoms with Crippen LogP contribution in [-0.4, -0.2) is 49.1 Å². The Morgan fingerprint density at radius 2 is 2.11 bits per heavy atom. The average molecular weight is 280 g/mol. The van der Waals surface area contributed by atoms with E-state index in [4.69, 9.17) is 5.11 Å². The molecule has 1 heterocycles. The van der Waals surface area contributed by atoms with Crippen molar-refractivity contribution in [1.29, 1.82) is 0 Å². The quantitative estimate of drug-likeness (QED) is 0.744. The van der Waals surface area contributed by atoms with Crippen LogP contribution in [0.15, 0.2) is 0 Å². The zero-order valence-corrected chi connectivity index (χ0v) is 10.8. The first-order valence-electron chi connectivity index (χ1n) is 5.57. The summed E-state index contributed by atoms with van der Waals surface area (Å²) in [6.07, 6.45) is 0.335. The minimum absolute atomic E-state index is 0.0315. The van der Waals surface area contributed by atoms with E-state index < -0.39 is 28.3 Å². The van der Waals surface area contributed by atoms with Crippen molar-refractivity contribution in [3.05, 3.63) is 0 Å². The first-order valence-corrected chi connectivity index (χ1v) is 7.01. The van der Waals surface area contributed by atoms with E-state index in [1.165, 1.54) is 6.92 Å². The Labute approximate surface area is 105 Å². The van der Waals surface area contributed by atoms with Gasteiger partial charge in [-0.1, -0.05) is 0 Å². The van der Waals surface area contributed by atoms with Crippen molar-refractivity contribution in [3.63, 3.8) is 0 Å². The molecule has 0 radical (unpaired) electrons. The van der Waals surface area contributed by atoms with Crippen LogP contribution in [0.2, 0.25) is 0 Å². The minimum atomic E-state index is -4.17. The molecule has 0 aromatic heterocycles. The van der Waals surface area contributed by atoms with Gasteiger partial charge in [-0.15, -0.1) is 0 Å². The number of carbonyl (C=O) groups excluding carboxylic acids is 1. The summed E-state index contributed by atoms with van der Waals surface area (Å²) in [5, 5.41) is 8.96. The van der Waals surface area contributed by atoms with Crippen molar-refractivity contribution in [1.82, 2.24) is 9.03 Å². The minimum Gasteiger partial charge on any atom is -0.480 e. The fourth-order valence-electron chi connectivity index (χ4n) is 1.76. The summed E-state index contributed by atoms with van der Waals surface area (Å²) in [7, 11) is -4.17. The number of nitrogens with one attached hydrogen (secondary N) is 1. The van der Waals surface area contributed by atoms with Crippen molar-refractivity contribution in [2.24, 2.45) is 0 Å². The third-order valence-electron chi connectivity index (χ3n) is 2.54. The van der Waals surface area contributed by atoms with Crippen LogP contribution in [0, 0.1) is 0 Å². The lowest BCUT2D eigenvalue weighted by atomic mass is 10.1. The summed E-state index contributed by atoms with van der Waals surface area (Å²) in [6.45, 7) is 1.64. The third-order valence-corrected chi connectivity index (χ3v) is 4.01. The predicted octanol–water partition coefficient (Wildman–Crippen LogP) is -0.0836. The molecule has 1 aliphatic rings. The van der Waals surface area contributed by atoms with Crippen molar-refractivity contribution >= 4 is 22.3 Å². The van der Waals surface area contributed by atoms with Gasteiger partial charge in [-0.05, 0) is 26.2 Å². The number of aliphatic carboxylic acids is 1. The Kier molecular flexibility index (Phi) is 4.91. The molecular weight excluding hydrogens is 264 g/mol. The molecule has 8 nitrogen and oxygen atoms in total. The number of carbonyl (C=O) groups is 2. The molecule has 1 aliphatic heterocycles. The second kappa shape index (κ2) is 6.01. The molecule has 1 atom stereocenters. The lowest BCUT2D eigenvalue weighted by Crippen LogP contribution is -2.53. The molecule has 1 amide bonds. The standard InChI is InChI=1S/C9H16N2O6S/c1-2-17-9(14)10-18(15,16)11-6-4-3-5-7(11)8(12)13/h7H,2-6H2,1H3,(H,10,14)(H,12,13)/t7-/m1/s1. The van der Waals surface area contributed by atoms with E-state index in [1.807, 2.05) is 0 Å². The van der Waals surface area contributed by atoms with Gasteiger partial charge in [-0.2, -0.15) is 12.7 Å². The van der Waals surface area contributed by atoms with Gasteiger partial charge in [0.15, 0.2) is 0 Å². The van der Waals surface area contributed by atoms with Gasteiger partial charge in [-0.3, -0.25) is 4.79 Å². The molecule has 0 spiro atoms. The Balaban J connectivity index is 2.81. The van der Waals surface area contributed by atoms with Crippen molar-refractivity contribution in [2.75, 3.05) is 13.2 Å². The molecule has 0 aromatic carbocycles. The second-order valence-corrected chi connectivity index (χ2v) is 5.41. The first kappa shape index (κ1) is 14.7. The number of nitrogens with zero attached hydrogens (tertiary/aromatic N) is 1. The highest BCUT2D eigenvalue weighted by Crippen LogP contribution is 2.19. The van der Waals surface area contributed by atoms with Gasteiger partial charge in [0, 0.05) is 6.54 Å². The number of carboxylic acids is 1. The second-order valence-electron chi connectivity index (χ2n) is 3.79. The van der Waals surface area contributed by atoms with Crippen molar-refractivity contribution < 1.29 is 27.9 Å². The highest BCUT2D eigenvalue weighted by Gasteiger charge is 2.37. The normalized spacial score (nSPS) is 21.3. The Hall–Kier alpha value is -1.35. The number of rotatable bonds is 4. The summed E-state index contributed by atoms with van der Waals surface area (Å²) in [5.41, 5.74) is 0. The van der Waals surface area contributed by atoms with Crippen LogP contribution < -0.4 is 4.72 Å². The van der Waals surface area contributed by atoms with Gasteiger partial charge in [0.25, 0.3) is 0 Å². The van der Waals surface area contributed by atoms with Gasteiger partial charge in [-0.25, -0.2) is 9.52 Å². The van der Waals surface area contributed by atoms with E-state index in [0.717, 1.165) is 4.31 Å². The van der Waals surface area contributed by atoms with E-state index >= 15 is 0 Å². The van der Waals surface area contributed by atoms with Crippen LogP contribution in [0.25, 0.3) is 0 Å². The summed E-state index contributed by atoms with van der Waals surface area (Å²) in [4.78, 5) is 22.1. The SMILES string of the molecule is CCOC(=O)NS(=O)(=O)N1CCCC[C@@H]1C(=O)O. The molecule has 0 bridgehead atoms. The van der Waals surface area contributed by atoms with Crippen molar-refractivity contribution in [2.45, 2.75) is 32.2 Å². The van der Waals surface area contributed by atoms with Gasteiger partial charge in [0.2, 0.25) is 0 Å². The number of carboxylic acid groups (broad SMARTS) is 1. The molecule has 2 N–H and O–H groups in total. The molecule has 0 aromatic rings. The van der Waals surface area contributed by atoms with E-state index in [1.54, 1.807) is 4.72 Å². The number of amides is 1. The van der Waals surface area contributed by atoms with Gasteiger partial charge in [0.05, 0.1) is 6.61 Å². The third kappa shape index (κ3) is 3.57. The van der Waals surface area contributed by atoms with E-state index in [2.05, 4.69) is 4.74 Å². The zero-order valence-electron chi connectivity index (χ0n) is 9.96. The molecule has 104 valence electrons. The molecule has 0 aliphatic carbocycles. The number of piperidine rings is 1. The van der Waals surface area contributed by atoms with Crippen LogP contribution in [0.3, 0.4) is 0 Å². The number of ether oxygens (including phenoxy) is 1. The summed E-state index contributed by atoms with van der Waals surface area (Å²) >= 11 is 0. The molecule has 0 unspecified atom stereocenters. The lowest BCUT2D eigenvalue weighted by Gasteiger charge is -2.31. The molecule has 1 fully saturated rings. The summed E-state index contributed by atoms with van der Waals surface area (Å²) in [6, 6.07) is -1.13. The fraction of sp³-hybridized carbons (Fsp3) is 0.778. The average Bonchev–Trinajstić information content (AvgIpc) is 2.28. The molecule has 18 heavy (non-hydrogen) atoms. The van der Waals surface area contributed by atoms with Crippen LogP contribution >= 0.6 is 0 Å². The molecule has 0 saturated carbocycles. The Morgan fingerprint density at radius 1 is 1.44 bits per heavy atom. The van der Waals surface area contributed by atoms with E-state index in [-0.39, 0.29) is 19.6 Å². The maximum absolute atomic E-state index is 11.8. The largest absolute Gasteiger partial charge is 0.480 e. The molecule has 1 rings (SSSR count). The maximum atomic E-state index is 11.8. The van der Waals surface area contributed by atoms with Gasteiger partial charge >= 0.3 is 22.3 Å². The van der Waals surface area contributed by atoms with Gasteiger partial charge < -0.3 is 9.84 Å². The molecule has 1 saturated heterocycles. The molecular formula is C9H16N2O6S. The highest BCUT2D eigenvalue weighted by atomic mass is 32.2. The first-order chi connectivity index (χ1) is 8.38.